The Hall–Kier alpha value is -1.16. The first-order chi connectivity index (χ1) is 6.10. The summed E-state index contributed by atoms with van der Waals surface area (Å²) in [4.78, 5) is 11.2. The van der Waals surface area contributed by atoms with Crippen molar-refractivity contribution in [1.82, 2.24) is 0 Å². The predicted octanol–water partition coefficient (Wildman–Crippen LogP) is 0.959. The zero-order valence-corrected chi connectivity index (χ0v) is 7.46. The van der Waals surface area contributed by atoms with Gasteiger partial charge >= 0.3 is 5.97 Å². The van der Waals surface area contributed by atoms with Crippen LogP contribution in [0, 0.1) is 0 Å². The fourth-order valence-electron chi connectivity index (χ4n) is 0.594. The van der Waals surface area contributed by atoms with Gasteiger partial charge in [0, 0.05) is 6.42 Å². The van der Waals surface area contributed by atoms with Crippen LogP contribution in [0.25, 0.3) is 0 Å². The van der Waals surface area contributed by atoms with Gasteiger partial charge in [0.15, 0.2) is 5.54 Å². The molecule has 0 atom stereocenters. The lowest BCUT2D eigenvalue weighted by atomic mass is 10.0. The molecule has 2 N–H and O–H groups in total. The first kappa shape index (κ1) is 11.8. The highest BCUT2D eigenvalue weighted by atomic mass is 19.1. The number of alkyl halides is 1. The monoisotopic (exact) mass is 187 g/mol. The zero-order valence-electron chi connectivity index (χ0n) is 7.46. The number of carbonyl (C=O) groups excluding carboxylic acids is 1. The number of rotatable bonds is 6. The minimum Gasteiger partial charge on any atom is -0.464 e. The lowest BCUT2D eigenvalue weighted by Crippen LogP contribution is -2.45. The molecular weight excluding hydrogens is 173 g/mol. The van der Waals surface area contributed by atoms with E-state index in [9.17, 15) is 9.18 Å². The molecule has 0 unspecified atom stereocenters. The Morgan fingerprint density at radius 3 is 2.46 bits per heavy atom. The van der Waals surface area contributed by atoms with Crippen molar-refractivity contribution in [3.05, 3.63) is 25.3 Å². The van der Waals surface area contributed by atoms with E-state index in [1.54, 1.807) is 0 Å². The zero-order chi connectivity index (χ0) is 10.3. The van der Waals surface area contributed by atoms with Crippen molar-refractivity contribution in [3.63, 3.8) is 0 Å². The molecule has 0 heterocycles. The van der Waals surface area contributed by atoms with Crippen LogP contribution in [-0.2, 0) is 9.53 Å². The third-order valence-electron chi connectivity index (χ3n) is 1.54. The van der Waals surface area contributed by atoms with Gasteiger partial charge in [-0.1, -0.05) is 12.2 Å². The summed E-state index contributed by atoms with van der Waals surface area (Å²) in [6.07, 6.45) is 2.64. The van der Waals surface area contributed by atoms with Crippen LogP contribution >= 0.6 is 0 Å². The Bertz CT molecular complexity index is 196. The molecule has 0 aromatic rings. The molecule has 0 saturated carbocycles. The van der Waals surface area contributed by atoms with Crippen molar-refractivity contribution in [2.75, 3.05) is 13.3 Å². The molecule has 4 heteroatoms. The minimum absolute atomic E-state index is 0.0238. The summed E-state index contributed by atoms with van der Waals surface area (Å²) in [5, 5.41) is 0. The first-order valence-electron chi connectivity index (χ1n) is 3.90. The molecule has 0 aromatic heterocycles. The molecule has 0 rings (SSSR count). The number of ether oxygens (including phenoxy) is 1. The average molecular weight is 187 g/mol. The molecule has 0 spiro atoms. The van der Waals surface area contributed by atoms with Crippen LogP contribution in [0.1, 0.15) is 6.42 Å². The molecule has 0 bridgehead atoms. The fraction of sp³-hybridized carbons (Fsp3) is 0.444. The topological polar surface area (TPSA) is 52.3 Å². The van der Waals surface area contributed by atoms with Crippen molar-refractivity contribution in [1.29, 1.82) is 0 Å². The maximum absolute atomic E-state index is 11.6. The third-order valence-corrected chi connectivity index (χ3v) is 1.54. The van der Waals surface area contributed by atoms with Crippen LogP contribution in [0.3, 0.4) is 0 Å². The van der Waals surface area contributed by atoms with Gasteiger partial charge in [-0.2, -0.15) is 0 Å². The number of nitrogens with two attached hydrogens (primary N) is 1. The Labute approximate surface area is 77.1 Å². The van der Waals surface area contributed by atoms with Crippen LogP contribution in [0.15, 0.2) is 25.3 Å². The highest BCUT2D eigenvalue weighted by Crippen LogP contribution is 2.06. The number of hydrogen-bond acceptors (Lipinski definition) is 3. The Morgan fingerprint density at radius 1 is 1.54 bits per heavy atom. The van der Waals surface area contributed by atoms with Crippen molar-refractivity contribution in [3.8, 4) is 0 Å². The van der Waals surface area contributed by atoms with E-state index in [2.05, 4.69) is 17.9 Å². The summed E-state index contributed by atoms with van der Waals surface area (Å²) in [6, 6.07) is 0. The SMILES string of the molecule is C=CC(N)(C=C)C(=O)OCCCF. The average Bonchev–Trinajstić information content (AvgIpc) is 2.17. The fourth-order valence-corrected chi connectivity index (χ4v) is 0.594. The second-order valence-electron chi connectivity index (χ2n) is 2.52. The Balaban J connectivity index is 4.07. The van der Waals surface area contributed by atoms with Gasteiger partial charge in [0.1, 0.15) is 0 Å². The van der Waals surface area contributed by atoms with E-state index in [-0.39, 0.29) is 13.0 Å². The van der Waals surface area contributed by atoms with E-state index >= 15 is 0 Å². The molecule has 0 saturated heterocycles. The summed E-state index contributed by atoms with van der Waals surface area (Å²) in [6.45, 7) is 6.27. The standard InChI is InChI=1S/C9H14FNO2/c1-3-9(11,4-2)8(12)13-7-5-6-10/h3-4H,1-2,5-7,11H2. The molecule has 0 aliphatic heterocycles. The highest BCUT2D eigenvalue weighted by Gasteiger charge is 2.28. The van der Waals surface area contributed by atoms with E-state index in [1.807, 2.05) is 0 Å². The summed E-state index contributed by atoms with van der Waals surface area (Å²) in [5.41, 5.74) is 4.15. The summed E-state index contributed by atoms with van der Waals surface area (Å²) >= 11 is 0. The molecule has 0 aliphatic carbocycles. The van der Waals surface area contributed by atoms with Crippen molar-refractivity contribution in [2.24, 2.45) is 5.73 Å². The minimum atomic E-state index is -1.36. The molecule has 0 aliphatic rings. The second-order valence-corrected chi connectivity index (χ2v) is 2.52. The summed E-state index contributed by atoms with van der Waals surface area (Å²) in [7, 11) is 0. The number of carbonyl (C=O) groups is 1. The van der Waals surface area contributed by atoms with Gasteiger partial charge in [-0.25, -0.2) is 4.79 Å². The quantitative estimate of drug-likeness (QED) is 0.383. The van der Waals surface area contributed by atoms with Gasteiger partial charge in [0.25, 0.3) is 0 Å². The lowest BCUT2D eigenvalue weighted by Gasteiger charge is -2.18. The van der Waals surface area contributed by atoms with Gasteiger partial charge in [-0.3, -0.25) is 4.39 Å². The molecule has 3 nitrogen and oxygen atoms in total. The highest BCUT2D eigenvalue weighted by molar-refractivity contribution is 5.85. The van der Waals surface area contributed by atoms with Crippen LogP contribution < -0.4 is 5.73 Å². The smallest absolute Gasteiger partial charge is 0.334 e. The molecule has 13 heavy (non-hydrogen) atoms. The van der Waals surface area contributed by atoms with Gasteiger partial charge < -0.3 is 10.5 Å². The van der Waals surface area contributed by atoms with E-state index in [0.29, 0.717) is 0 Å². The Morgan fingerprint density at radius 2 is 2.08 bits per heavy atom. The number of esters is 1. The predicted molar refractivity (Wildman–Crippen MR) is 48.9 cm³/mol. The number of halogens is 1. The second kappa shape index (κ2) is 5.48. The normalized spacial score (nSPS) is 10.6. The molecule has 74 valence electrons. The van der Waals surface area contributed by atoms with E-state index < -0.39 is 18.2 Å². The van der Waals surface area contributed by atoms with Crippen molar-refractivity contribution < 1.29 is 13.9 Å². The van der Waals surface area contributed by atoms with Crippen molar-refractivity contribution >= 4 is 5.97 Å². The maximum Gasteiger partial charge on any atom is 0.334 e. The lowest BCUT2D eigenvalue weighted by molar-refractivity contribution is -0.146. The van der Waals surface area contributed by atoms with Crippen molar-refractivity contribution in [2.45, 2.75) is 12.0 Å². The van der Waals surface area contributed by atoms with Gasteiger partial charge in [0.05, 0.1) is 13.3 Å². The van der Waals surface area contributed by atoms with Gasteiger partial charge in [-0.05, 0) is 0 Å². The molecule has 0 radical (unpaired) electrons. The van der Waals surface area contributed by atoms with Gasteiger partial charge in [-0.15, -0.1) is 13.2 Å². The first-order valence-corrected chi connectivity index (χ1v) is 3.90. The van der Waals surface area contributed by atoms with Crippen LogP contribution in [0.4, 0.5) is 4.39 Å². The third kappa shape index (κ3) is 3.38. The summed E-state index contributed by atoms with van der Waals surface area (Å²) < 4.78 is 16.3. The molecular formula is C9H14FNO2. The van der Waals surface area contributed by atoms with E-state index in [4.69, 9.17) is 5.73 Å². The van der Waals surface area contributed by atoms with Crippen LogP contribution in [0.2, 0.25) is 0 Å². The largest absolute Gasteiger partial charge is 0.464 e. The molecule has 0 amide bonds. The molecule has 0 aromatic carbocycles. The van der Waals surface area contributed by atoms with Crippen LogP contribution in [-0.4, -0.2) is 24.8 Å². The van der Waals surface area contributed by atoms with Gasteiger partial charge in [0.2, 0.25) is 0 Å². The summed E-state index contributed by atoms with van der Waals surface area (Å²) in [5.74, 6) is -0.661. The van der Waals surface area contributed by atoms with E-state index in [1.165, 1.54) is 12.2 Å². The van der Waals surface area contributed by atoms with E-state index in [0.717, 1.165) is 0 Å². The maximum atomic E-state index is 11.6. The van der Waals surface area contributed by atoms with Crippen LogP contribution in [0.5, 0.6) is 0 Å². The molecule has 0 fully saturated rings. The number of hydrogen-bond donors (Lipinski definition) is 1. The Kier molecular flexibility index (Phi) is 4.99.